The summed E-state index contributed by atoms with van der Waals surface area (Å²) in [5.74, 6) is 0.847. The smallest absolute Gasteiger partial charge is 0.244 e. The van der Waals surface area contributed by atoms with Crippen LogP contribution in [0.4, 0.5) is 0 Å². The largest absolute Gasteiger partial charge is 0.496 e. The minimum atomic E-state index is -0.00229. The Morgan fingerprint density at radius 2 is 1.89 bits per heavy atom. The average molecular weight is 364 g/mol. The van der Waals surface area contributed by atoms with Gasteiger partial charge in [-0.3, -0.25) is 4.79 Å². The van der Waals surface area contributed by atoms with Crippen LogP contribution in [0.15, 0.2) is 67.3 Å². The summed E-state index contributed by atoms with van der Waals surface area (Å²) in [6.07, 6.45) is 3.70. The number of rotatable bonds is 8. The molecule has 0 saturated carbocycles. The fourth-order valence-corrected chi connectivity index (χ4v) is 3.11. The zero-order valence-corrected chi connectivity index (χ0v) is 15.7. The monoisotopic (exact) mass is 364 g/mol. The number of hydrogen-bond donors (Lipinski definition) is 0. The maximum absolute atomic E-state index is 13.0. The van der Waals surface area contributed by atoms with E-state index in [-0.39, 0.29) is 18.5 Å². The lowest BCUT2D eigenvalue weighted by atomic mass is 10.0. The Hall–Kier alpha value is -3.15. The topological polar surface area (TPSA) is 60.2 Å². The molecular formula is C21H24N4O2. The van der Waals surface area contributed by atoms with Crippen molar-refractivity contribution in [2.75, 3.05) is 7.11 Å². The van der Waals surface area contributed by atoms with Crippen molar-refractivity contribution < 1.29 is 9.53 Å². The van der Waals surface area contributed by atoms with Gasteiger partial charge in [0.25, 0.3) is 0 Å². The molecule has 1 heterocycles. The van der Waals surface area contributed by atoms with Gasteiger partial charge in [-0.2, -0.15) is 5.10 Å². The Bertz CT molecular complexity index is 850. The molecule has 0 saturated heterocycles. The molecule has 2 aromatic carbocycles. The summed E-state index contributed by atoms with van der Waals surface area (Å²) in [6.45, 7) is 2.78. The van der Waals surface area contributed by atoms with E-state index in [1.54, 1.807) is 18.1 Å². The van der Waals surface area contributed by atoms with Crippen molar-refractivity contribution in [3.05, 3.63) is 78.4 Å². The van der Waals surface area contributed by atoms with Gasteiger partial charge in [0, 0.05) is 12.6 Å². The molecule has 0 bridgehead atoms. The van der Waals surface area contributed by atoms with Gasteiger partial charge in [-0.25, -0.2) is 9.67 Å². The highest BCUT2D eigenvalue weighted by atomic mass is 16.5. The fraction of sp³-hybridized carbons (Fsp3) is 0.286. The van der Waals surface area contributed by atoms with Crippen molar-refractivity contribution in [2.24, 2.45) is 0 Å². The van der Waals surface area contributed by atoms with Crippen molar-refractivity contribution in [1.29, 1.82) is 0 Å². The number of carbonyl (C=O) groups excluding carboxylic acids is 1. The lowest BCUT2D eigenvalue weighted by Gasteiger charge is -2.30. The van der Waals surface area contributed by atoms with Crippen LogP contribution in [0.2, 0.25) is 0 Å². The normalized spacial score (nSPS) is 11.8. The zero-order valence-electron chi connectivity index (χ0n) is 15.7. The van der Waals surface area contributed by atoms with Crippen LogP contribution in [0.3, 0.4) is 0 Å². The minimum Gasteiger partial charge on any atom is -0.496 e. The highest BCUT2D eigenvalue weighted by molar-refractivity contribution is 5.76. The van der Waals surface area contributed by atoms with Gasteiger partial charge in [-0.15, -0.1) is 0 Å². The first kappa shape index (κ1) is 18.6. The molecule has 0 aliphatic rings. The minimum absolute atomic E-state index is 0.00229. The Labute approximate surface area is 159 Å². The number of aromatic nitrogens is 3. The lowest BCUT2D eigenvalue weighted by Crippen LogP contribution is -2.41. The summed E-state index contributed by atoms with van der Waals surface area (Å²) in [4.78, 5) is 18.8. The van der Waals surface area contributed by atoms with Gasteiger partial charge in [0.15, 0.2) is 0 Å². The van der Waals surface area contributed by atoms with E-state index in [0.717, 1.165) is 16.9 Å². The molecule has 1 unspecified atom stereocenters. The summed E-state index contributed by atoms with van der Waals surface area (Å²) < 4.78 is 7.02. The van der Waals surface area contributed by atoms with Gasteiger partial charge in [0.1, 0.15) is 24.9 Å². The lowest BCUT2D eigenvalue weighted by molar-refractivity contribution is -0.134. The van der Waals surface area contributed by atoms with Gasteiger partial charge in [-0.05, 0) is 30.5 Å². The van der Waals surface area contributed by atoms with Gasteiger partial charge >= 0.3 is 0 Å². The second kappa shape index (κ2) is 8.98. The maximum Gasteiger partial charge on any atom is 0.244 e. The predicted molar refractivity (Wildman–Crippen MR) is 103 cm³/mol. The molecule has 6 nitrogen and oxygen atoms in total. The van der Waals surface area contributed by atoms with Crippen molar-refractivity contribution >= 4 is 5.91 Å². The van der Waals surface area contributed by atoms with E-state index in [9.17, 15) is 4.79 Å². The number of amides is 1. The summed E-state index contributed by atoms with van der Waals surface area (Å²) >= 11 is 0. The van der Waals surface area contributed by atoms with E-state index in [1.165, 1.54) is 6.33 Å². The molecular weight excluding hydrogens is 340 g/mol. The van der Waals surface area contributed by atoms with Crippen molar-refractivity contribution in [1.82, 2.24) is 19.7 Å². The number of carbonyl (C=O) groups is 1. The SMILES string of the molecule is COc1ccccc1CC(C)N(Cc1ccccc1)C(=O)Cn1cncn1. The van der Waals surface area contributed by atoms with E-state index < -0.39 is 0 Å². The standard InChI is InChI=1S/C21H24N4O2/c1-17(12-19-10-6-7-11-20(19)27-2)25(13-18-8-4-3-5-9-18)21(26)14-24-16-22-15-23-24/h3-11,15-17H,12-14H2,1-2H3. The van der Waals surface area contributed by atoms with Gasteiger partial charge < -0.3 is 9.64 Å². The highest BCUT2D eigenvalue weighted by Crippen LogP contribution is 2.21. The number of ether oxygens (including phenoxy) is 1. The average Bonchev–Trinajstić information content (AvgIpc) is 3.20. The molecule has 0 aliphatic heterocycles. The highest BCUT2D eigenvalue weighted by Gasteiger charge is 2.22. The van der Waals surface area contributed by atoms with Crippen LogP contribution in [-0.4, -0.2) is 38.7 Å². The number of benzene rings is 2. The first-order valence-electron chi connectivity index (χ1n) is 8.95. The second-order valence-corrected chi connectivity index (χ2v) is 6.47. The van der Waals surface area contributed by atoms with Crippen molar-refractivity contribution in [2.45, 2.75) is 32.5 Å². The van der Waals surface area contributed by atoms with E-state index >= 15 is 0 Å². The van der Waals surface area contributed by atoms with Crippen molar-refractivity contribution in [3.8, 4) is 5.75 Å². The van der Waals surface area contributed by atoms with Crippen LogP contribution in [0.1, 0.15) is 18.1 Å². The molecule has 0 radical (unpaired) electrons. The number of hydrogen-bond acceptors (Lipinski definition) is 4. The summed E-state index contributed by atoms with van der Waals surface area (Å²) in [5, 5.41) is 4.05. The molecule has 3 aromatic rings. The molecule has 1 aromatic heterocycles. The molecule has 0 N–H and O–H groups in total. The summed E-state index contributed by atoms with van der Waals surface area (Å²) in [6, 6.07) is 17.9. The van der Waals surface area contributed by atoms with E-state index in [1.807, 2.05) is 59.5 Å². The molecule has 27 heavy (non-hydrogen) atoms. The third kappa shape index (κ3) is 4.94. The number of methoxy groups -OCH3 is 1. The quantitative estimate of drug-likeness (QED) is 0.617. The second-order valence-electron chi connectivity index (χ2n) is 6.47. The third-order valence-corrected chi connectivity index (χ3v) is 4.52. The molecule has 3 rings (SSSR count). The molecule has 0 aliphatic carbocycles. The van der Waals surface area contributed by atoms with Crippen LogP contribution in [0, 0.1) is 0 Å². The van der Waals surface area contributed by atoms with E-state index in [0.29, 0.717) is 13.0 Å². The number of nitrogens with zero attached hydrogens (tertiary/aromatic N) is 4. The Morgan fingerprint density at radius 1 is 1.15 bits per heavy atom. The van der Waals surface area contributed by atoms with E-state index in [4.69, 9.17) is 4.74 Å². The predicted octanol–water partition coefficient (Wildman–Crippen LogP) is 2.95. The molecule has 140 valence electrons. The third-order valence-electron chi connectivity index (χ3n) is 4.52. The van der Waals surface area contributed by atoms with Gasteiger partial charge in [0.05, 0.1) is 7.11 Å². The van der Waals surface area contributed by atoms with Crippen LogP contribution in [-0.2, 0) is 24.3 Å². The van der Waals surface area contributed by atoms with Gasteiger partial charge in [-0.1, -0.05) is 48.5 Å². The molecule has 0 fully saturated rings. The Balaban J connectivity index is 1.80. The van der Waals surface area contributed by atoms with Crippen LogP contribution < -0.4 is 4.74 Å². The molecule has 1 atom stereocenters. The first-order valence-corrected chi connectivity index (χ1v) is 8.95. The molecule has 6 heteroatoms. The summed E-state index contributed by atoms with van der Waals surface area (Å²) in [7, 11) is 1.67. The maximum atomic E-state index is 13.0. The van der Waals surface area contributed by atoms with Crippen molar-refractivity contribution in [3.63, 3.8) is 0 Å². The fourth-order valence-electron chi connectivity index (χ4n) is 3.11. The van der Waals surface area contributed by atoms with Gasteiger partial charge in [0.2, 0.25) is 5.91 Å². The Kier molecular flexibility index (Phi) is 6.20. The number of para-hydroxylation sites is 1. The first-order chi connectivity index (χ1) is 13.2. The Morgan fingerprint density at radius 3 is 2.59 bits per heavy atom. The van der Waals surface area contributed by atoms with Crippen LogP contribution >= 0.6 is 0 Å². The molecule has 1 amide bonds. The molecule has 0 spiro atoms. The van der Waals surface area contributed by atoms with Crippen LogP contribution in [0.25, 0.3) is 0 Å². The van der Waals surface area contributed by atoms with Crippen LogP contribution in [0.5, 0.6) is 5.75 Å². The zero-order chi connectivity index (χ0) is 19.1. The van der Waals surface area contributed by atoms with E-state index in [2.05, 4.69) is 17.0 Å². The summed E-state index contributed by atoms with van der Waals surface area (Å²) in [5.41, 5.74) is 2.18.